The van der Waals surface area contributed by atoms with Gasteiger partial charge in [-0.1, -0.05) is 24.3 Å². The van der Waals surface area contributed by atoms with Gasteiger partial charge in [-0.25, -0.2) is 19.3 Å². The van der Waals surface area contributed by atoms with Crippen LogP contribution in [0, 0.1) is 12.7 Å². The number of halogens is 1. The monoisotopic (exact) mass is 362 g/mol. The molecule has 0 unspecified atom stereocenters. The number of nitrogens with two attached hydrogens (primary N) is 1. The van der Waals surface area contributed by atoms with Crippen LogP contribution >= 0.6 is 0 Å². The fourth-order valence-electron chi connectivity index (χ4n) is 2.92. The topological polar surface area (TPSA) is 99.6 Å². The molecule has 0 spiro atoms. The quantitative estimate of drug-likeness (QED) is 0.560. The van der Waals surface area contributed by atoms with Crippen molar-refractivity contribution in [1.82, 2.24) is 24.5 Å². The lowest BCUT2D eigenvalue weighted by molar-refractivity contribution is 0.112. The first-order chi connectivity index (χ1) is 13.0. The molecule has 0 aliphatic carbocycles. The molecule has 27 heavy (non-hydrogen) atoms. The molecular weight excluding hydrogens is 347 g/mol. The molecule has 1 aromatic carbocycles. The predicted molar refractivity (Wildman–Crippen MR) is 98.6 cm³/mol. The molecule has 0 radical (unpaired) electrons. The number of aldehydes is 1. The van der Waals surface area contributed by atoms with E-state index in [9.17, 15) is 9.18 Å². The Balaban J connectivity index is 1.92. The van der Waals surface area contributed by atoms with Crippen molar-refractivity contribution in [1.29, 1.82) is 0 Å². The maximum Gasteiger partial charge on any atom is 0.166 e. The summed E-state index contributed by atoms with van der Waals surface area (Å²) in [6.07, 6.45) is 3.46. The Bertz CT molecular complexity index is 1150. The number of imidazole rings is 1. The van der Waals surface area contributed by atoms with Crippen molar-refractivity contribution < 1.29 is 9.18 Å². The molecule has 4 aromatic rings. The summed E-state index contributed by atoms with van der Waals surface area (Å²) in [7, 11) is 0. The van der Waals surface area contributed by atoms with Crippen molar-refractivity contribution in [3.05, 3.63) is 65.5 Å². The van der Waals surface area contributed by atoms with E-state index in [4.69, 9.17) is 5.73 Å². The van der Waals surface area contributed by atoms with Crippen LogP contribution in [0.2, 0.25) is 0 Å². The van der Waals surface area contributed by atoms with Crippen LogP contribution in [0.1, 0.15) is 21.7 Å². The maximum atomic E-state index is 13.7. The fourth-order valence-corrected chi connectivity index (χ4v) is 2.92. The third-order valence-electron chi connectivity index (χ3n) is 4.15. The average Bonchev–Trinajstić information content (AvgIpc) is 3.01. The van der Waals surface area contributed by atoms with Crippen LogP contribution in [-0.2, 0) is 6.54 Å². The minimum Gasteiger partial charge on any atom is -0.382 e. The summed E-state index contributed by atoms with van der Waals surface area (Å²) in [4.78, 5) is 28.0. The van der Waals surface area contributed by atoms with E-state index < -0.39 is 5.82 Å². The highest BCUT2D eigenvalue weighted by Gasteiger charge is 2.18. The zero-order valence-corrected chi connectivity index (χ0v) is 14.4. The van der Waals surface area contributed by atoms with Gasteiger partial charge in [0, 0.05) is 17.3 Å². The van der Waals surface area contributed by atoms with E-state index in [-0.39, 0.29) is 5.82 Å². The van der Waals surface area contributed by atoms with E-state index in [1.807, 2.05) is 16.7 Å². The molecule has 0 saturated heterocycles. The van der Waals surface area contributed by atoms with Crippen LogP contribution in [-0.4, -0.2) is 30.8 Å². The molecule has 0 aliphatic rings. The van der Waals surface area contributed by atoms with Crippen LogP contribution in [0.15, 0.2) is 42.7 Å². The highest BCUT2D eigenvalue weighted by Crippen LogP contribution is 2.27. The van der Waals surface area contributed by atoms with E-state index in [1.165, 1.54) is 12.3 Å². The number of nitrogen functional groups attached to an aromatic ring is 1. The van der Waals surface area contributed by atoms with Crippen LogP contribution < -0.4 is 5.73 Å². The molecular formula is C19H15FN6O. The number of fused-ring (bicyclic) bond motifs is 1. The van der Waals surface area contributed by atoms with Crippen molar-refractivity contribution in [2.24, 2.45) is 0 Å². The van der Waals surface area contributed by atoms with E-state index in [0.29, 0.717) is 40.5 Å². The first kappa shape index (κ1) is 16.8. The number of aromatic nitrogens is 5. The molecule has 0 fully saturated rings. The minimum absolute atomic E-state index is 0.262. The van der Waals surface area contributed by atoms with E-state index in [2.05, 4.69) is 19.9 Å². The van der Waals surface area contributed by atoms with Gasteiger partial charge in [-0.3, -0.25) is 9.78 Å². The van der Waals surface area contributed by atoms with Gasteiger partial charge in [0.2, 0.25) is 0 Å². The molecule has 4 rings (SSSR count). The Labute approximate surface area is 153 Å². The minimum atomic E-state index is -0.461. The average molecular weight is 362 g/mol. The Morgan fingerprint density at radius 2 is 1.93 bits per heavy atom. The smallest absolute Gasteiger partial charge is 0.166 e. The number of rotatable bonds is 4. The number of benzene rings is 1. The number of aryl methyl sites for hydroxylation is 1. The lowest BCUT2D eigenvalue weighted by Crippen LogP contribution is -2.05. The van der Waals surface area contributed by atoms with Crippen molar-refractivity contribution in [2.75, 3.05) is 5.73 Å². The number of anilines is 1. The summed E-state index contributed by atoms with van der Waals surface area (Å²) >= 11 is 0. The Hall–Kier alpha value is -3.68. The first-order valence-corrected chi connectivity index (χ1v) is 8.20. The van der Waals surface area contributed by atoms with Crippen LogP contribution in [0.5, 0.6) is 0 Å². The van der Waals surface area contributed by atoms with Gasteiger partial charge >= 0.3 is 0 Å². The summed E-state index contributed by atoms with van der Waals surface area (Å²) < 4.78 is 15.5. The van der Waals surface area contributed by atoms with E-state index in [0.717, 1.165) is 18.0 Å². The molecule has 134 valence electrons. The van der Waals surface area contributed by atoms with Crippen molar-refractivity contribution in [2.45, 2.75) is 13.5 Å². The zero-order valence-electron chi connectivity index (χ0n) is 14.4. The zero-order chi connectivity index (χ0) is 19.0. The number of carbonyl (C=O) groups is 1. The second-order valence-corrected chi connectivity index (χ2v) is 6.10. The summed E-state index contributed by atoms with van der Waals surface area (Å²) in [6.45, 7) is 2.16. The van der Waals surface area contributed by atoms with Gasteiger partial charge in [-0.2, -0.15) is 0 Å². The highest BCUT2D eigenvalue weighted by atomic mass is 19.1. The molecule has 3 heterocycles. The van der Waals surface area contributed by atoms with Gasteiger partial charge in [0.15, 0.2) is 17.0 Å². The second-order valence-electron chi connectivity index (χ2n) is 6.10. The van der Waals surface area contributed by atoms with Gasteiger partial charge in [0.25, 0.3) is 0 Å². The third-order valence-corrected chi connectivity index (χ3v) is 4.15. The third kappa shape index (κ3) is 3.12. The number of nitrogens with zero attached hydrogens (tertiary/aromatic N) is 5. The SMILES string of the molecule is Cc1nc(N)c2nc(-c3cncc(F)c3)n(Cc3ccc(C=O)cc3)c2n1. The molecule has 0 atom stereocenters. The molecule has 7 nitrogen and oxygen atoms in total. The number of hydrogen-bond donors (Lipinski definition) is 1. The molecule has 0 aliphatic heterocycles. The van der Waals surface area contributed by atoms with Crippen LogP contribution in [0.25, 0.3) is 22.6 Å². The normalized spacial score (nSPS) is 11.0. The van der Waals surface area contributed by atoms with E-state index in [1.54, 1.807) is 19.1 Å². The Kier molecular flexibility index (Phi) is 4.08. The van der Waals surface area contributed by atoms with Gasteiger partial charge in [0.05, 0.1) is 12.7 Å². The Morgan fingerprint density at radius 1 is 1.15 bits per heavy atom. The van der Waals surface area contributed by atoms with Crippen molar-refractivity contribution in [3.8, 4) is 11.4 Å². The number of hydrogen-bond acceptors (Lipinski definition) is 6. The van der Waals surface area contributed by atoms with Gasteiger partial charge in [-0.05, 0) is 18.6 Å². The Morgan fingerprint density at radius 3 is 2.63 bits per heavy atom. The van der Waals surface area contributed by atoms with E-state index >= 15 is 0 Å². The largest absolute Gasteiger partial charge is 0.382 e. The maximum absolute atomic E-state index is 13.7. The van der Waals surface area contributed by atoms with Crippen molar-refractivity contribution in [3.63, 3.8) is 0 Å². The number of pyridine rings is 1. The van der Waals surface area contributed by atoms with Crippen LogP contribution in [0.3, 0.4) is 0 Å². The highest BCUT2D eigenvalue weighted by molar-refractivity contribution is 5.85. The first-order valence-electron chi connectivity index (χ1n) is 8.20. The number of carbonyl (C=O) groups excluding carboxylic acids is 1. The predicted octanol–water partition coefficient (Wildman–Crippen LogP) is 2.78. The molecule has 8 heteroatoms. The summed E-state index contributed by atoms with van der Waals surface area (Å²) in [5, 5.41) is 0. The molecule has 3 aromatic heterocycles. The lowest BCUT2D eigenvalue weighted by atomic mass is 10.1. The fraction of sp³-hybridized carbons (Fsp3) is 0.105. The standard InChI is InChI=1S/C19H15FN6O/c1-11-23-17(21)16-19(24-11)26(9-12-2-4-13(10-27)5-3-12)18(25-16)14-6-15(20)8-22-7-14/h2-8,10H,9H2,1H3,(H2,21,23,24). The second kappa shape index (κ2) is 6.56. The molecule has 0 saturated carbocycles. The van der Waals surface area contributed by atoms with Crippen LogP contribution in [0.4, 0.5) is 10.2 Å². The van der Waals surface area contributed by atoms with Gasteiger partial charge in [-0.15, -0.1) is 0 Å². The lowest BCUT2D eigenvalue weighted by Gasteiger charge is -2.09. The van der Waals surface area contributed by atoms with Gasteiger partial charge < -0.3 is 10.3 Å². The summed E-state index contributed by atoms with van der Waals surface area (Å²) in [5.74, 6) is 0.805. The van der Waals surface area contributed by atoms with Gasteiger partial charge in [0.1, 0.15) is 23.8 Å². The molecule has 0 bridgehead atoms. The molecule has 2 N–H and O–H groups in total. The summed E-state index contributed by atoms with van der Waals surface area (Å²) in [6, 6.07) is 8.52. The van der Waals surface area contributed by atoms with Crippen molar-refractivity contribution >= 4 is 23.3 Å². The molecule has 0 amide bonds. The summed E-state index contributed by atoms with van der Waals surface area (Å²) in [5.41, 5.74) is 9.05.